The van der Waals surface area contributed by atoms with E-state index in [1.165, 1.54) is 0 Å². The van der Waals surface area contributed by atoms with Gasteiger partial charge in [0.2, 0.25) is 0 Å². The van der Waals surface area contributed by atoms with Crippen molar-refractivity contribution in [3.63, 3.8) is 0 Å². The van der Waals surface area contributed by atoms with Gasteiger partial charge in [-0.1, -0.05) is 0 Å². The number of piperazine rings is 1. The van der Waals surface area contributed by atoms with Gasteiger partial charge in [0.1, 0.15) is 11.3 Å². The average Bonchev–Trinajstić information content (AvgIpc) is 2.73. The lowest BCUT2D eigenvalue weighted by Crippen LogP contribution is -2.47. The quantitative estimate of drug-likeness (QED) is 0.786. The van der Waals surface area contributed by atoms with Crippen LogP contribution < -0.4 is 0 Å². The number of hydrogen-bond donors (Lipinski definition) is 0. The van der Waals surface area contributed by atoms with Crippen molar-refractivity contribution in [3.05, 3.63) is 35.3 Å². The molecule has 0 aromatic carbocycles. The molecule has 1 fully saturated rings. The Bertz CT molecular complexity index is 653. The molecule has 0 atom stereocenters. The van der Waals surface area contributed by atoms with Gasteiger partial charge in [-0.15, -0.1) is 0 Å². The molecule has 106 valence electrons. The SMILES string of the molecule is Cc1ccn2c(C(=O)N3CCN(C)CC3)c(C)nc2c1. The Morgan fingerprint density at radius 1 is 1.20 bits per heavy atom. The lowest BCUT2D eigenvalue weighted by molar-refractivity contribution is 0.0656. The maximum atomic E-state index is 12.7. The van der Waals surface area contributed by atoms with E-state index in [4.69, 9.17) is 0 Å². The summed E-state index contributed by atoms with van der Waals surface area (Å²) in [5.74, 6) is 0.0898. The van der Waals surface area contributed by atoms with Gasteiger partial charge >= 0.3 is 0 Å². The van der Waals surface area contributed by atoms with Crippen molar-refractivity contribution in [2.75, 3.05) is 33.2 Å². The first kappa shape index (κ1) is 13.1. The number of aryl methyl sites for hydroxylation is 2. The van der Waals surface area contributed by atoms with Crippen molar-refractivity contribution in [1.82, 2.24) is 19.2 Å². The third kappa shape index (κ3) is 2.18. The van der Waals surface area contributed by atoms with Crippen LogP contribution in [0.1, 0.15) is 21.7 Å². The van der Waals surface area contributed by atoms with Gasteiger partial charge in [0.05, 0.1) is 5.69 Å². The zero-order valence-corrected chi connectivity index (χ0v) is 12.3. The van der Waals surface area contributed by atoms with Crippen molar-refractivity contribution < 1.29 is 4.79 Å². The number of aromatic nitrogens is 2. The fourth-order valence-corrected chi connectivity index (χ4v) is 2.68. The first-order chi connectivity index (χ1) is 9.56. The third-order valence-corrected chi connectivity index (χ3v) is 3.95. The van der Waals surface area contributed by atoms with Crippen LogP contribution in [0.4, 0.5) is 0 Å². The minimum Gasteiger partial charge on any atom is -0.335 e. The first-order valence-corrected chi connectivity index (χ1v) is 6.99. The van der Waals surface area contributed by atoms with Gasteiger partial charge in [-0.3, -0.25) is 9.20 Å². The van der Waals surface area contributed by atoms with Gasteiger partial charge in [-0.25, -0.2) is 4.98 Å². The summed E-state index contributed by atoms with van der Waals surface area (Å²) in [6.07, 6.45) is 1.94. The van der Waals surface area contributed by atoms with Crippen LogP contribution in [0.2, 0.25) is 0 Å². The normalized spacial score (nSPS) is 16.9. The number of likely N-dealkylation sites (N-methyl/N-ethyl adjacent to an activating group) is 1. The highest BCUT2D eigenvalue weighted by Crippen LogP contribution is 2.16. The number of hydrogen-bond acceptors (Lipinski definition) is 3. The second-order valence-corrected chi connectivity index (χ2v) is 5.57. The molecule has 1 aliphatic heterocycles. The van der Waals surface area contributed by atoms with Crippen molar-refractivity contribution in [2.24, 2.45) is 0 Å². The average molecular weight is 272 g/mol. The summed E-state index contributed by atoms with van der Waals surface area (Å²) in [5, 5.41) is 0. The number of carbonyl (C=O) groups excluding carboxylic acids is 1. The molecule has 1 aliphatic rings. The lowest BCUT2D eigenvalue weighted by atomic mass is 10.2. The van der Waals surface area contributed by atoms with E-state index in [0.717, 1.165) is 43.1 Å². The van der Waals surface area contributed by atoms with Crippen LogP contribution >= 0.6 is 0 Å². The Hall–Kier alpha value is -1.88. The van der Waals surface area contributed by atoms with E-state index in [-0.39, 0.29) is 5.91 Å². The predicted molar refractivity (Wildman–Crippen MR) is 78.1 cm³/mol. The highest BCUT2D eigenvalue weighted by molar-refractivity contribution is 5.94. The van der Waals surface area contributed by atoms with E-state index in [1.54, 1.807) is 0 Å². The van der Waals surface area contributed by atoms with Crippen molar-refractivity contribution in [2.45, 2.75) is 13.8 Å². The molecule has 5 nitrogen and oxygen atoms in total. The van der Waals surface area contributed by atoms with Crippen LogP contribution in [0.3, 0.4) is 0 Å². The number of fused-ring (bicyclic) bond motifs is 1. The lowest BCUT2D eigenvalue weighted by Gasteiger charge is -2.32. The highest BCUT2D eigenvalue weighted by Gasteiger charge is 2.24. The summed E-state index contributed by atoms with van der Waals surface area (Å²) in [5.41, 5.74) is 3.50. The second-order valence-electron chi connectivity index (χ2n) is 5.57. The maximum absolute atomic E-state index is 12.7. The summed E-state index contributed by atoms with van der Waals surface area (Å²) >= 11 is 0. The molecule has 20 heavy (non-hydrogen) atoms. The Kier molecular flexibility index (Phi) is 3.22. The molecule has 1 saturated heterocycles. The van der Waals surface area contributed by atoms with Crippen LogP contribution in [0.5, 0.6) is 0 Å². The molecule has 0 unspecified atom stereocenters. The Morgan fingerprint density at radius 2 is 1.90 bits per heavy atom. The predicted octanol–water partition coefficient (Wildman–Crippen LogP) is 1.34. The first-order valence-electron chi connectivity index (χ1n) is 6.99. The fourth-order valence-electron chi connectivity index (χ4n) is 2.68. The summed E-state index contributed by atoms with van der Waals surface area (Å²) in [4.78, 5) is 21.4. The number of rotatable bonds is 1. The van der Waals surface area contributed by atoms with Crippen LogP contribution in [0.15, 0.2) is 18.3 Å². The summed E-state index contributed by atoms with van der Waals surface area (Å²) in [6, 6.07) is 4.02. The molecule has 3 heterocycles. The summed E-state index contributed by atoms with van der Waals surface area (Å²) in [7, 11) is 2.09. The van der Waals surface area contributed by atoms with Gasteiger partial charge in [-0.2, -0.15) is 0 Å². The molecule has 1 amide bonds. The minimum absolute atomic E-state index is 0.0898. The minimum atomic E-state index is 0.0898. The number of pyridine rings is 1. The largest absolute Gasteiger partial charge is 0.335 e. The van der Waals surface area contributed by atoms with Gasteiger partial charge in [0.15, 0.2) is 0 Å². The Labute approximate surface area is 118 Å². The topological polar surface area (TPSA) is 40.9 Å². The fraction of sp³-hybridized carbons (Fsp3) is 0.467. The molecular formula is C15H20N4O. The maximum Gasteiger partial charge on any atom is 0.272 e. The number of carbonyl (C=O) groups is 1. The van der Waals surface area contributed by atoms with E-state index in [0.29, 0.717) is 5.69 Å². The summed E-state index contributed by atoms with van der Waals surface area (Å²) < 4.78 is 1.91. The van der Waals surface area contributed by atoms with Crippen LogP contribution in [-0.2, 0) is 0 Å². The molecule has 5 heteroatoms. The molecule has 0 aliphatic carbocycles. The molecule has 2 aromatic rings. The van der Waals surface area contributed by atoms with E-state index >= 15 is 0 Å². The van der Waals surface area contributed by atoms with Gasteiger partial charge in [0.25, 0.3) is 5.91 Å². The molecule has 0 bridgehead atoms. The number of imidazole rings is 1. The third-order valence-electron chi connectivity index (χ3n) is 3.95. The highest BCUT2D eigenvalue weighted by atomic mass is 16.2. The van der Waals surface area contributed by atoms with Gasteiger partial charge < -0.3 is 9.80 Å². The zero-order valence-electron chi connectivity index (χ0n) is 12.3. The van der Waals surface area contributed by atoms with Gasteiger partial charge in [-0.05, 0) is 38.6 Å². The molecule has 0 saturated carbocycles. The molecular weight excluding hydrogens is 252 g/mol. The zero-order chi connectivity index (χ0) is 14.3. The van der Waals surface area contributed by atoms with E-state index in [2.05, 4.69) is 16.9 Å². The van der Waals surface area contributed by atoms with Gasteiger partial charge in [0, 0.05) is 32.4 Å². The molecule has 0 radical (unpaired) electrons. The van der Waals surface area contributed by atoms with Crippen molar-refractivity contribution >= 4 is 11.6 Å². The smallest absolute Gasteiger partial charge is 0.272 e. The molecule has 0 N–H and O–H groups in total. The summed E-state index contributed by atoms with van der Waals surface area (Å²) in [6.45, 7) is 7.38. The standard InChI is InChI=1S/C15H20N4O/c1-11-4-5-19-13(10-11)16-12(2)14(19)15(20)18-8-6-17(3)7-9-18/h4-5,10H,6-9H2,1-3H3. The number of amides is 1. The van der Waals surface area contributed by atoms with E-state index in [9.17, 15) is 4.79 Å². The number of nitrogens with zero attached hydrogens (tertiary/aromatic N) is 4. The van der Waals surface area contributed by atoms with Crippen LogP contribution in [0.25, 0.3) is 5.65 Å². The van der Waals surface area contributed by atoms with E-state index in [1.807, 2.05) is 41.5 Å². The molecule has 3 rings (SSSR count). The molecule has 0 spiro atoms. The second kappa shape index (κ2) is 4.90. The molecule has 2 aromatic heterocycles. The van der Waals surface area contributed by atoms with Crippen LogP contribution in [-0.4, -0.2) is 58.3 Å². The monoisotopic (exact) mass is 272 g/mol. The van der Waals surface area contributed by atoms with Crippen LogP contribution in [0, 0.1) is 13.8 Å². The van der Waals surface area contributed by atoms with Crippen molar-refractivity contribution in [3.8, 4) is 0 Å². The Morgan fingerprint density at radius 3 is 2.60 bits per heavy atom. The van der Waals surface area contributed by atoms with Crippen molar-refractivity contribution in [1.29, 1.82) is 0 Å². The Balaban J connectivity index is 1.97. The van der Waals surface area contributed by atoms with E-state index < -0.39 is 0 Å².